The lowest BCUT2D eigenvalue weighted by Gasteiger charge is -2.24. The lowest BCUT2D eigenvalue weighted by molar-refractivity contribution is -0.116. The second-order valence-corrected chi connectivity index (χ2v) is 8.00. The van der Waals surface area contributed by atoms with Gasteiger partial charge in [-0.25, -0.2) is 4.98 Å². The number of carbonyl (C=O) groups excluding carboxylic acids is 2. The molecule has 160 valence electrons. The molecule has 0 aliphatic carbocycles. The maximum absolute atomic E-state index is 13.0. The summed E-state index contributed by atoms with van der Waals surface area (Å²) in [5.74, 6) is 0.509. The van der Waals surface area contributed by atoms with Crippen LogP contribution < -0.4 is 10.2 Å². The van der Waals surface area contributed by atoms with Crippen molar-refractivity contribution < 1.29 is 14.0 Å². The number of nitrogens with one attached hydrogen (secondary N) is 1. The third kappa shape index (κ3) is 4.45. The highest BCUT2D eigenvalue weighted by Gasteiger charge is 2.28. The van der Waals surface area contributed by atoms with E-state index < -0.39 is 0 Å². The van der Waals surface area contributed by atoms with Gasteiger partial charge in [-0.05, 0) is 55.7 Å². The van der Waals surface area contributed by atoms with Crippen molar-refractivity contribution in [1.29, 1.82) is 0 Å². The first kappa shape index (κ1) is 20.7. The Morgan fingerprint density at radius 1 is 1.26 bits per heavy atom. The van der Waals surface area contributed by atoms with Crippen molar-refractivity contribution >= 4 is 23.3 Å². The van der Waals surface area contributed by atoms with Gasteiger partial charge in [0.05, 0.1) is 24.9 Å². The lowest BCUT2D eigenvalue weighted by Crippen LogP contribution is -2.36. The van der Waals surface area contributed by atoms with Crippen LogP contribution in [0.3, 0.4) is 0 Å². The molecule has 1 aliphatic rings. The zero-order valence-electron chi connectivity index (χ0n) is 18.0. The van der Waals surface area contributed by atoms with E-state index in [0.717, 1.165) is 12.0 Å². The number of hydrogen-bond acceptors (Lipinski definition) is 5. The highest BCUT2D eigenvalue weighted by atomic mass is 16.3. The Morgan fingerprint density at radius 3 is 2.87 bits per heavy atom. The summed E-state index contributed by atoms with van der Waals surface area (Å²) in [6.07, 6.45) is 4.13. The number of benzene rings is 1. The summed E-state index contributed by atoms with van der Waals surface area (Å²) in [5.41, 5.74) is 3.94. The van der Waals surface area contributed by atoms with Gasteiger partial charge >= 0.3 is 0 Å². The van der Waals surface area contributed by atoms with Crippen molar-refractivity contribution in [3.63, 3.8) is 0 Å². The molecular formula is C24H26N4O3. The Kier molecular flexibility index (Phi) is 5.75. The predicted molar refractivity (Wildman–Crippen MR) is 119 cm³/mol. The molecule has 0 radical (unpaired) electrons. The van der Waals surface area contributed by atoms with Gasteiger partial charge in [0.15, 0.2) is 0 Å². The molecule has 1 N–H and O–H groups in total. The van der Waals surface area contributed by atoms with Gasteiger partial charge < -0.3 is 19.5 Å². The molecule has 0 spiro atoms. The van der Waals surface area contributed by atoms with Crippen LogP contribution in [0.15, 0.2) is 59.3 Å². The topological polar surface area (TPSA) is 78.7 Å². The van der Waals surface area contributed by atoms with Crippen LogP contribution in [-0.2, 0) is 17.8 Å². The maximum Gasteiger partial charge on any atom is 0.257 e. The van der Waals surface area contributed by atoms with E-state index in [1.54, 1.807) is 25.4 Å². The number of hydrogen-bond donors (Lipinski definition) is 1. The summed E-state index contributed by atoms with van der Waals surface area (Å²) in [7, 11) is 1.61. The second-order valence-electron chi connectivity index (χ2n) is 8.00. The molecule has 2 aromatic heterocycles. The van der Waals surface area contributed by atoms with Crippen molar-refractivity contribution in [2.75, 3.05) is 23.8 Å². The maximum atomic E-state index is 13.0. The zero-order chi connectivity index (χ0) is 22.0. The lowest BCUT2D eigenvalue weighted by atomic mass is 10.1. The van der Waals surface area contributed by atoms with Crippen molar-refractivity contribution in [3.8, 4) is 0 Å². The monoisotopic (exact) mass is 418 g/mol. The number of likely N-dealkylation sites (N-methyl/N-ethyl adjacent to an activating group) is 1. The Labute approximate surface area is 181 Å². The molecule has 7 heteroatoms. The number of rotatable bonds is 6. The third-order valence-corrected chi connectivity index (χ3v) is 5.55. The summed E-state index contributed by atoms with van der Waals surface area (Å²) in [5, 5.41) is 2.73. The molecular weight excluding hydrogens is 392 g/mol. The molecule has 7 nitrogen and oxygen atoms in total. The zero-order valence-corrected chi connectivity index (χ0v) is 18.0. The van der Waals surface area contributed by atoms with E-state index in [0.29, 0.717) is 29.7 Å². The summed E-state index contributed by atoms with van der Waals surface area (Å²) in [6, 6.07) is 13.9. The Morgan fingerprint density at radius 2 is 2.06 bits per heavy atom. The van der Waals surface area contributed by atoms with Crippen LogP contribution in [0.1, 0.15) is 34.2 Å². The predicted octanol–water partition coefficient (Wildman–Crippen LogP) is 3.64. The van der Waals surface area contributed by atoms with Gasteiger partial charge in [0.1, 0.15) is 11.6 Å². The number of aryl methyl sites for hydroxylation is 1. The molecule has 0 fully saturated rings. The summed E-state index contributed by atoms with van der Waals surface area (Å²) in [6.45, 7) is 4.51. The van der Waals surface area contributed by atoms with Crippen LogP contribution in [-0.4, -0.2) is 41.3 Å². The minimum atomic E-state index is -0.305. The van der Waals surface area contributed by atoms with E-state index in [2.05, 4.69) is 34.3 Å². The van der Waals surface area contributed by atoms with Crippen molar-refractivity contribution in [2.24, 2.45) is 0 Å². The van der Waals surface area contributed by atoms with E-state index in [-0.39, 0.29) is 18.4 Å². The first-order chi connectivity index (χ1) is 14.9. The molecule has 31 heavy (non-hydrogen) atoms. The highest BCUT2D eigenvalue weighted by Crippen LogP contribution is 2.33. The normalized spacial score (nSPS) is 14.9. The van der Waals surface area contributed by atoms with Gasteiger partial charge in [0.25, 0.3) is 5.91 Å². The third-order valence-electron chi connectivity index (χ3n) is 5.55. The van der Waals surface area contributed by atoms with Crippen LogP contribution in [0.5, 0.6) is 0 Å². The first-order valence-corrected chi connectivity index (χ1v) is 10.3. The molecule has 2 amide bonds. The minimum absolute atomic E-state index is 0.0813. The van der Waals surface area contributed by atoms with Crippen molar-refractivity contribution in [1.82, 2.24) is 9.88 Å². The quantitative estimate of drug-likeness (QED) is 0.661. The van der Waals surface area contributed by atoms with E-state index in [1.807, 2.05) is 25.1 Å². The van der Waals surface area contributed by atoms with Gasteiger partial charge in [-0.15, -0.1) is 0 Å². The van der Waals surface area contributed by atoms with Gasteiger partial charge in [0, 0.05) is 25.0 Å². The number of anilines is 2. The van der Waals surface area contributed by atoms with E-state index in [1.165, 1.54) is 22.4 Å². The number of furan rings is 1. The summed E-state index contributed by atoms with van der Waals surface area (Å²) >= 11 is 0. The summed E-state index contributed by atoms with van der Waals surface area (Å²) < 4.78 is 5.68. The molecule has 0 bridgehead atoms. The molecule has 1 aromatic carbocycles. The molecule has 0 saturated carbocycles. The van der Waals surface area contributed by atoms with E-state index in [9.17, 15) is 9.59 Å². The molecule has 3 heterocycles. The number of nitrogens with zero attached hydrogens (tertiary/aromatic N) is 3. The standard InChI is InChI=1S/C24H26N4O3/c1-16-8-10-25-22(12-16)26-23(29)15-27(3)24(30)19-9-11-31-21(19)14-28-17(2)13-18-6-4-5-7-20(18)28/h4-12,17H,13-15H2,1-3H3,(H,25,26,29). The average Bonchev–Trinajstić information content (AvgIpc) is 3.32. The minimum Gasteiger partial charge on any atom is -0.467 e. The fourth-order valence-corrected chi connectivity index (χ4v) is 3.96. The fraction of sp³-hybridized carbons (Fsp3) is 0.292. The first-order valence-electron chi connectivity index (χ1n) is 10.3. The van der Waals surface area contributed by atoms with Gasteiger partial charge in [0.2, 0.25) is 5.91 Å². The van der Waals surface area contributed by atoms with Crippen molar-refractivity contribution in [2.45, 2.75) is 32.9 Å². The Balaban J connectivity index is 1.43. The van der Waals surface area contributed by atoms with Crippen molar-refractivity contribution in [3.05, 3.63) is 77.4 Å². The van der Waals surface area contributed by atoms with Gasteiger partial charge in [-0.2, -0.15) is 0 Å². The summed E-state index contributed by atoms with van der Waals surface area (Å²) in [4.78, 5) is 33.2. The van der Waals surface area contributed by atoms with Crippen LogP contribution in [0, 0.1) is 6.92 Å². The molecule has 3 aromatic rings. The van der Waals surface area contributed by atoms with Crippen LogP contribution in [0.2, 0.25) is 0 Å². The van der Waals surface area contributed by atoms with Crippen LogP contribution >= 0.6 is 0 Å². The molecule has 1 aliphatic heterocycles. The molecule has 1 atom stereocenters. The van der Waals surface area contributed by atoms with E-state index >= 15 is 0 Å². The molecule has 0 saturated heterocycles. The molecule has 4 rings (SSSR count). The Bertz CT molecular complexity index is 1110. The smallest absolute Gasteiger partial charge is 0.257 e. The fourth-order valence-electron chi connectivity index (χ4n) is 3.96. The largest absolute Gasteiger partial charge is 0.467 e. The van der Waals surface area contributed by atoms with E-state index in [4.69, 9.17) is 4.42 Å². The van der Waals surface area contributed by atoms with Gasteiger partial charge in [-0.3, -0.25) is 9.59 Å². The molecule has 1 unspecified atom stereocenters. The van der Waals surface area contributed by atoms with Gasteiger partial charge in [-0.1, -0.05) is 18.2 Å². The SMILES string of the molecule is Cc1ccnc(NC(=O)CN(C)C(=O)c2ccoc2CN2c3ccccc3CC2C)c1. The van der Waals surface area contributed by atoms with Crippen LogP contribution in [0.25, 0.3) is 0 Å². The number of aromatic nitrogens is 1. The number of pyridine rings is 1. The highest BCUT2D eigenvalue weighted by molar-refractivity contribution is 5.99. The number of amides is 2. The number of carbonyl (C=O) groups is 2. The number of para-hydroxylation sites is 1. The number of fused-ring (bicyclic) bond motifs is 1. The Hall–Kier alpha value is -3.61. The van der Waals surface area contributed by atoms with Crippen LogP contribution in [0.4, 0.5) is 11.5 Å². The average molecular weight is 418 g/mol. The second kappa shape index (κ2) is 8.63.